The van der Waals surface area contributed by atoms with E-state index in [1.165, 1.54) is 0 Å². The van der Waals surface area contributed by atoms with Crippen LogP contribution in [0.25, 0.3) is 0 Å². The van der Waals surface area contributed by atoms with Gasteiger partial charge in [-0.1, -0.05) is 28.1 Å². The molecule has 3 nitrogen and oxygen atoms in total. The number of pyridine rings is 1. The Labute approximate surface area is 115 Å². The lowest BCUT2D eigenvalue weighted by Crippen LogP contribution is -2.24. The van der Waals surface area contributed by atoms with Crippen molar-refractivity contribution in [2.75, 3.05) is 5.73 Å². The van der Waals surface area contributed by atoms with E-state index in [0.29, 0.717) is 12.1 Å². The van der Waals surface area contributed by atoms with E-state index in [1.54, 1.807) is 25.4 Å². The van der Waals surface area contributed by atoms with E-state index in [-0.39, 0.29) is 0 Å². The van der Waals surface area contributed by atoms with Crippen molar-refractivity contribution in [2.45, 2.75) is 18.9 Å². The molecule has 0 aliphatic heterocycles. The maximum atomic E-state index is 10.6. The normalized spacial score (nSPS) is 14.2. The van der Waals surface area contributed by atoms with Crippen LogP contribution in [0.15, 0.2) is 47.2 Å². The summed E-state index contributed by atoms with van der Waals surface area (Å²) < 4.78 is 0.989. The van der Waals surface area contributed by atoms with Crippen LogP contribution in [-0.4, -0.2) is 10.1 Å². The van der Waals surface area contributed by atoms with E-state index in [0.717, 1.165) is 15.6 Å². The van der Waals surface area contributed by atoms with Crippen LogP contribution in [0.3, 0.4) is 0 Å². The maximum Gasteiger partial charge on any atom is 0.0910 e. The molecule has 0 aliphatic carbocycles. The van der Waals surface area contributed by atoms with Crippen LogP contribution in [0.1, 0.15) is 18.1 Å². The average Bonchev–Trinajstić information content (AvgIpc) is 2.32. The molecule has 2 aromatic rings. The molecule has 94 valence electrons. The summed E-state index contributed by atoms with van der Waals surface area (Å²) in [6, 6.07) is 9.37. The third-order valence-corrected chi connectivity index (χ3v) is 3.47. The van der Waals surface area contributed by atoms with Gasteiger partial charge in [-0.15, -0.1) is 0 Å². The largest absolute Gasteiger partial charge is 0.398 e. The quantitative estimate of drug-likeness (QED) is 0.916. The highest BCUT2D eigenvalue weighted by molar-refractivity contribution is 9.10. The number of nitrogen functional groups attached to an aromatic ring is 1. The highest BCUT2D eigenvalue weighted by Gasteiger charge is 2.24. The highest BCUT2D eigenvalue weighted by atomic mass is 79.9. The Hall–Kier alpha value is -1.39. The zero-order chi connectivity index (χ0) is 13.2. The molecule has 1 heterocycles. The third kappa shape index (κ3) is 2.89. The van der Waals surface area contributed by atoms with Gasteiger partial charge in [0.15, 0.2) is 0 Å². The molecular weight excluding hydrogens is 292 g/mol. The molecule has 18 heavy (non-hydrogen) atoms. The number of rotatable bonds is 3. The first-order valence-corrected chi connectivity index (χ1v) is 6.45. The number of hydrogen-bond donors (Lipinski definition) is 2. The molecule has 1 aromatic carbocycles. The van der Waals surface area contributed by atoms with Crippen molar-refractivity contribution in [1.29, 1.82) is 0 Å². The standard InChI is InChI=1S/C14H15BrN2O/c1-14(18,11-2-4-12(15)5-3-11)8-10-9-17-7-6-13(10)16/h2-7,9,18H,8H2,1H3,(H2,16,17). The Morgan fingerprint density at radius 3 is 2.56 bits per heavy atom. The number of benzene rings is 1. The molecule has 0 saturated heterocycles. The molecule has 0 fully saturated rings. The van der Waals surface area contributed by atoms with Gasteiger partial charge >= 0.3 is 0 Å². The van der Waals surface area contributed by atoms with Crippen LogP contribution < -0.4 is 5.73 Å². The summed E-state index contributed by atoms with van der Waals surface area (Å²) in [4.78, 5) is 4.04. The fourth-order valence-electron chi connectivity index (χ4n) is 1.87. The lowest BCUT2D eigenvalue weighted by Gasteiger charge is -2.24. The lowest BCUT2D eigenvalue weighted by molar-refractivity contribution is 0.0577. The van der Waals surface area contributed by atoms with Crippen molar-refractivity contribution in [2.24, 2.45) is 0 Å². The second-order valence-electron chi connectivity index (χ2n) is 4.53. The number of aromatic nitrogens is 1. The van der Waals surface area contributed by atoms with Gasteiger partial charge in [0.05, 0.1) is 5.60 Å². The summed E-state index contributed by atoms with van der Waals surface area (Å²) in [6.45, 7) is 1.78. The first-order valence-electron chi connectivity index (χ1n) is 5.66. The molecule has 0 spiro atoms. The van der Waals surface area contributed by atoms with Crippen LogP contribution in [-0.2, 0) is 12.0 Å². The van der Waals surface area contributed by atoms with Crippen molar-refractivity contribution >= 4 is 21.6 Å². The van der Waals surface area contributed by atoms with Gasteiger partial charge in [0.1, 0.15) is 0 Å². The first-order chi connectivity index (χ1) is 8.49. The summed E-state index contributed by atoms with van der Waals surface area (Å²) >= 11 is 3.38. The van der Waals surface area contributed by atoms with Crippen molar-refractivity contribution < 1.29 is 5.11 Å². The summed E-state index contributed by atoms with van der Waals surface area (Å²) in [6.07, 6.45) is 3.78. The second-order valence-corrected chi connectivity index (χ2v) is 5.45. The molecule has 4 heteroatoms. The van der Waals surface area contributed by atoms with Gasteiger partial charge in [-0.05, 0) is 36.2 Å². The Balaban J connectivity index is 2.27. The smallest absolute Gasteiger partial charge is 0.0910 e. The van der Waals surface area contributed by atoms with E-state index in [1.807, 2.05) is 24.3 Å². The van der Waals surface area contributed by atoms with Crippen LogP contribution in [0.2, 0.25) is 0 Å². The molecule has 0 bridgehead atoms. The lowest BCUT2D eigenvalue weighted by atomic mass is 9.89. The number of nitrogens with two attached hydrogens (primary N) is 1. The Morgan fingerprint density at radius 2 is 1.94 bits per heavy atom. The van der Waals surface area contributed by atoms with Gasteiger partial charge in [0, 0.05) is 29.0 Å². The molecule has 1 atom stereocenters. The summed E-state index contributed by atoms with van der Waals surface area (Å²) in [5.41, 5.74) is 7.27. The maximum absolute atomic E-state index is 10.6. The fourth-order valence-corrected chi connectivity index (χ4v) is 2.13. The molecule has 0 amide bonds. The highest BCUT2D eigenvalue weighted by Crippen LogP contribution is 2.28. The minimum absolute atomic E-state index is 0.439. The fraction of sp³-hybridized carbons (Fsp3) is 0.214. The summed E-state index contributed by atoms with van der Waals surface area (Å²) in [5.74, 6) is 0. The number of hydrogen-bond acceptors (Lipinski definition) is 3. The second kappa shape index (κ2) is 5.08. The SMILES string of the molecule is CC(O)(Cc1cnccc1N)c1ccc(Br)cc1. The first kappa shape index (κ1) is 13.1. The molecule has 0 aliphatic rings. The monoisotopic (exact) mass is 306 g/mol. The minimum atomic E-state index is -0.960. The van der Waals surface area contributed by atoms with Gasteiger partial charge in [0.25, 0.3) is 0 Å². The molecule has 1 aromatic heterocycles. The van der Waals surface area contributed by atoms with Gasteiger partial charge in [0.2, 0.25) is 0 Å². The zero-order valence-corrected chi connectivity index (χ0v) is 11.7. The van der Waals surface area contributed by atoms with E-state index in [4.69, 9.17) is 5.73 Å². The average molecular weight is 307 g/mol. The van der Waals surface area contributed by atoms with Crippen molar-refractivity contribution in [3.8, 4) is 0 Å². The van der Waals surface area contributed by atoms with Crippen LogP contribution >= 0.6 is 15.9 Å². The van der Waals surface area contributed by atoms with E-state index in [2.05, 4.69) is 20.9 Å². The summed E-state index contributed by atoms with van der Waals surface area (Å²) in [5, 5.41) is 10.6. The van der Waals surface area contributed by atoms with Gasteiger partial charge in [-0.2, -0.15) is 0 Å². The number of halogens is 1. The predicted octanol–water partition coefficient (Wildman–Crippen LogP) is 2.88. The Bertz CT molecular complexity index is 538. The molecule has 3 N–H and O–H groups in total. The molecule has 0 saturated carbocycles. The number of nitrogens with zero attached hydrogens (tertiary/aromatic N) is 1. The minimum Gasteiger partial charge on any atom is -0.398 e. The van der Waals surface area contributed by atoms with Crippen molar-refractivity contribution in [1.82, 2.24) is 4.98 Å². The number of aliphatic hydroxyl groups is 1. The van der Waals surface area contributed by atoms with E-state index < -0.39 is 5.60 Å². The van der Waals surface area contributed by atoms with E-state index in [9.17, 15) is 5.11 Å². The van der Waals surface area contributed by atoms with Crippen LogP contribution in [0, 0.1) is 0 Å². The van der Waals surface area contributed by atoms with Gasteiger partial charge < -0.3 is 10.8 Å². The predicted molar refractivity (Wildman–Crippen MR) is 76.1 cm³/mol. The Kier molecular flexibility index (Phi) is 3.68. The van der Waals surface area contributed by atoms with Crippen molar-refractivity contribution in [3.63, 3.8) is 0 Å². The zero-order valence-electron chi connectivity index (χ0n) is 10.1. The number of anilines is 1. The molecule has 2 rings (SSSR count). The van der Waals surface area contributed by atoms with Crippen molar-refractivity contribution in [3.05, 3.63) is 58.3 Å². The van der Waals surface area contributed by atoms with Crippen LogP contribution in [0.5, 0.6) is 0 Å². The van der Waals surface area contributed by atoms with Gasteiger partial charge in [-0.3, -0.25) is 4.98 Å². The Morgan fingerprint density at radius 1 is 1.28 bits per heavy atom. The molecule has 1 unspecified atom stereocenters. The van der Waals surface area contributed by atoms with Crippen LogP contribution in [0.4, 0.5) is 5.69 Å². The third-order valence-electron chi connectivity index (χ3n) is 2.94. The topological polar surface area (TPSA) is 59.1 Å². The summed E-state index contributed by atoms with van der Waals surface area (Å²) in [7, 11) is 0. The van der Waals surface area contributed by atoms with Gasteiger partial charge in [-0.25, -0.2) is 0 Å². The molecule has 0 radical (unpaired) electrons. The van der Waals surface area contributed by atoms with E-state index >= 15 is 0 Å². The molecular formula is C14H15BrN2O.